The molecule has 0 aromatic rings. The topological polar surface area (TPSA) is 83.1 Å². The lowest BCUT2D eigenvalue weighted by Gasteiger charge is -2.41. The smallest absolute Gasteiger partial charge is 0.272 e. The number of aliphatic hydroxyl groups is 1. The first-order valence-corrected chi connectivity index (χ1v) is 11.8. The molecule has 2 aliphatic carbocycles. The Morgan fingerprint density at radius 1 is 1.28 bits per heavy atom. The predicted octanol–water partition coefficient (Wildman–Crippen LogP) is 2.48. The van der Waals surface area contributed by atoms with E-state index < -0.39 is 24.8 Å². The van der Waals surface area contributed by atoms with E-state index in [0.29, 0.717) is 11.3 Å². The first-order valence-electron chi connectivity index (χ1n) is 11.8. The van der Waals surface area contributed by atoms with Crippen LogP contribution in [0.4, 0.5) is 8.78 Å². The Bertz CT molecular complexity index is 768. The fourth-order valence-corrected chi connectivity index (χ4v) is 5.70. The molecule has 7 nitrogen and oxygen atoms in total. The first kappa shape index (κ1) is 23.6. The largest absolute Gasteiger partial charge is 0.381 e. The van der Waals surface area contributed by atoms with Crippen molar-refractivity contribution in [2.45, 2.75) is 89.3 Å². The number of rotatable bonds is 6. The minimum atomic E-state index is -1.37. The molecule has 1 saturated carbocycles. The summed E-state index contributed by atoms with van der Waals surface area (Å²) in [7, 11) is 1.71. The Morgan fingerprint density at radius 3 is 2.62 bits per heavy atom. The molecule has 4 aliphatic rings. The quantitative estimate of drug-likeness (QED) is 0.422. The van der Waals surface area contributed by atoms with Crippen molar-refractivity contribution < 1.29 is 28.2 Å². The van der Waals surface area contributed by atoms with Crippen molar-refractivity contribution >= 4 is 5.91 Å². The Morgan fingerprint density at radius 2 is 2.00 bits per heavy atom. The number of ether oxygens (including phenoxy) is 2. The molecule has 0 aromatic carbocycles. The summed E-state index contributed by atoms with van der Waals surface area (Å²) < 4.78 is 39.5. The van der Waals surface area contributed by atoms with Gasteiger partial charge in [0.15, 0.2) is 6.29 Å². The van der Waals surface area contributed by atoms with Gasteiger partial charge in [-0.05, 0) is 57.4 Å². The number of nitrogens with one attached hydrogen (secondary N) is 2. The lowest BCUT2D eigenvalue weighted by molar-refractivity contribution is -0.140. The van der Waals surface area contributed by atoms with Gasteiger partial charge in [-0.3, -0.25) is 9.80 Å². The number of fused-ring (bicyclic) bond motifs is 1. The molecule has 2 aliphatic heterocycles. The highest BCUT2D eigenvalue weighted by atomic mass is 19.1. The zero-order valence-corrected chi connectivity index (χ0v) is 19.0. The molecule has 6 atom stereocenters. The third kappa shape index (κ3) is 4.32. The van der Waals surface area contributed by atoms with Crippen molar-refractivity contribution in [1.82, 2.24) is 15.8 Å². The normalized spacial score (nSPS) is 38.9. The van der Waals surface area contributed by atoms with E-state index in [9.17, 15) is 18.7 Å². The standard InChI is InChI=1S/C23H35F2N3O4/c1-4-32-23(30)19-20(13-5-8-15(31-3)9-6-13)26-21-18(12(2)27-28(21)22(19)29)16-10-7-14(24)11-17(16)25/h10,12-15,17-18,21,23,26-27,30H,4-9,11H2,1-3H3. The number of nitrogens with zero attached hydrogens (tertiary/aromatic N) is 1. The summed E-state index contributed by atoms with van der Waals surface area (Å²) in [6.07, 6.45) is 0.857. The Hall–Kier alpha value is -1.55. The second-order valence-corrected chi connectivity index (χ2v) is 9.29. The third-order valence-electron chi connectivity index (χ3n) is 7.35. The molecule has 1 saturated heterocycles. The number of aliphatic hydroxyl groups excluding tert-OH is 1. The number of hydrazine groups is 1. The minimum Gasteiger partial charge on any atom is -0.381 e. The number of amides is 1. The van der Waals surface area contributed by atoms with Crippen LogP contribution in [0.3, 0.4) is 0 Å². The van der Waals surface area contributed by atoms with Crippen LogP contribution in [0.2, 0.25) is 0 Å². The summed E-state index contributed by atoms with van der Waals surface area (Å²) in [5, 5.41) is 15.6. The summed E-state index contributed by atoms with van der Waals surface area (Å²) in [5.41, 5.74) is 4.59. The maximum Gasteiger partial charge on any atom is 0.272 e. The number of methoxy groups -OCH3 is 1. The van der Waals surface area contributed by atoms with Crippen LogP contribution in [0.15, 0.2) is 22.9 Å². The van der Waals surface area contributed by atoms with E-state index in [-0.39, 0.29) is 54.9 Å². The second kappa shape index (κ2) is 9.75. The molecule has 180 valence electrons. The van der Waals surface area contributed by atoms with Crippen molar-refractivity contribution in [3.63, 3.8) is 0 Å². The maximum atomic E-state index is 14.9. The van der Waals surface area contributed by atoms with Gasteiger partial charge in [0.1, 0.15) is 18.5 Å². The Labute approximate surface area is 188 Å². The molecule has 2 fully saturated rings. The van der Waals surface area contributed by atoms with Crippen molar-refractivity contribution in [3.05, 3.63) is 22.9 Å². The van der Waals surface area contributed by atoms with Crippen molar-refractivity contribution in [2.75, 3.05) is 13.7 Å². The SMILES string of the molecule is CCOC(O)C1=C(C2CCC(OC)CC2)NC2C(C3=CCC(F)CC3F)C(C)NN2C1=O. The number of halogens is 2. The van der Waals surface area contributed by atoms with Gasteiger partial charge < -0.3 is 19.9 Å². The fourth-order valence-electron chi connectivity index (χ4n) is 5.70. The molecule has 32 heavy (non-hydrogen) atoms. The van der Waals surface area contributed by atoms with Gasteiger partial charge in [-0.1, -0.05) is 6.08 Å². The molecule has 9 heteroatoms. The maximum absolute atomic E-state index is 14.9. The van der Waals surface area contributed by atoms with Crippen LogP contribution in [0.5, 0.6) is 0 Å². The molecule has 1 amide bonds. The van der Waals surface area contributed by atoms with Gasteiger partial charge in [0, 0.05) is 37.8 Å². The molecule has 4 rings (SSSR count). The summed E-state index contributed by atoms with van der Waals surface area (Å²) in [6.45, 7) is 3.92. The van der Waals surface area contributed by atoms with Gasteiger partial charge >= 0.3 is 0 Å². The van der Waals surface area contributed by atoms with Gasteiger partial charge in [-0.2, -0.15) is 0 Å². The lowest BCUT2D eigenvalue weighted by atomic mass is 9.79. The van der Waals surface area contributed by atoms with E-state index in [0.717, 1.165) is 25.7 Å². The summed E-state index contributed by atoms with van der Waals surface area (Å²) >= 11 is 0. The molecule has 2 heterocycles. The van der Waals surface area contributed by atoms with Crippen LogP contribution in [-0.2, 0) is 14.3 Å². The van der Waals surface area contributed by atoms with Crippen LogP contribution in [0, 0.1) is 11.8 Å². The zero-order valence-electron chi connectivity index (χ0n) is 19.0. The highest BCUT2D eigenvalue weighted by molar-refractivity contribution is 5.96. The number of allylic oxidation sites excluding steroid dienone is 2. The molecule has 6 unspecified atom stereocenters. The van der Waals surface area contributed by atoms with E-state index in [4.69, 9.17) is 9.47 Å². The van der Waals surface area contributed by atoms with Crippen LogP contribution in [-0.4, -0.2) is 66.7 Å². The molecule has 0 radical (unpaired) electrons. The first-order chi connectivity index (χ1) is 15.3. The number of carbonyl (C=O) groups excluding carboxylic acids is 1. The van der Waals surface area contributed by atoms with E-state index >= 15 is 0 Å². The Kier molecular flexibility index (Phi) is 7.19. The number of hydrogen-bond donors (Lipinski definition) is 3. The van der Waals surface area contributed by atoms with Gasteiger partial charge in [-0.25, -0.2) is 14.2 Å². The average molecular weight is 456 g/mol. The number of carbonyl (C=O) groups is 1. The molecule has 0 spiro atoms. The lowest BCUT2D eigenvalue weighted by Crippen LogP contribution is -2.58. The number of alkyl halides is 2. The fraction of sp³-hybridized carbons (Fsp3) is 0.783. The summed E-state index contributed by atoms with van der Waals surface area (Å²) in [4.78, 5) is 13.5. The van der Waals surface area contributed by atoms with Crippen LogP contribution >= 0.6 is 0 Å². The molecule has 0 aromatic heterocycles. The van der Waals surface area contributed by atoms with Crippen LogP contribution < -0.4 is 10.7 Å². The molecule has 3 N–H and O–H groups in total. The third-order valence-corrected chi connectivity index (χ3v) is 7.35. The van der Waals surface area contributed by atoms with E-state index in [1.807, 2.05) is 6.92 Å². The molecule has 0 bridgehead atoms. The predicted molar refractivity (Wildman–Crippen MR) is 114 cm³/mol. The van der Waals surface area contributed by atoms with E-state index in [1.165, 1.54) is 5.01 Å². The zero-order chi connectivity index (χ0) is 23.0. The average Bonchev–Trinajstić information content (AvgIpc) is 3.10. The van der Waals surface area contributed by atoms with Crippen molar-refractivity contribution in [1.29, 1.82) is 0 Å². The summed E-state index contributed by atoms with van der Waals surface area (Å²) in [5.74, 6) is -0.647. The monoisotopic (exact) mass is 455 g/mol. The van der Waals surface area contributed by atoms with Crippen molar-refractivity contribution in [2.24, 2.45) is 11.8 Å². The van der Waals surface area contributed by atoms with Crippen LogP contribution in [0.25, 0.3) is 0 Å². The van der Waals surface area contributed by atoms with Crippen molar-refractivity contribution in [3.8, 4) is 0 Å². The van der Waals surface area contributed by atoms with E-state index in [2.05, 4.69) is 10.7 Å². The highest BCUT2D eigenvalue weighted by Gasteiger charge is 2.51. The van der Waals surface area contributed by atoms with Gasteiger partial charge in [-0.15, -0.1) is 0 Å². The number of hydrogen-bond acceptors (Lipinski definition) is 6. The minimum absolute atomic E-state index is 0.0471. The highest BCUT2D eigenvalue weighted by Crippen LogP contribution is 2.41. The van der Waals surface area contributed by atoms with Gasteiger partial charge in [0.2, 0.25) is 0 Å². The molecular weight excluding hydrogens is 420 g/mol. The van der Waals surface area contributed by atoms with Gasteiger partial charge in [0.05, 0.1) is 11.7 Å². The van der Waals surface area contributed by atoms with Gasteiger partial charge in [0.25, 0.3) is 5.91 Å². The summed E-state index contributed by atoms with van der Waals surface area (Å²) in [6, 6.07) is -0.230. The van der Waals surface area contributed by atoms with E-state index in [1.54, 1.807) is 20.1 Å². The Balaban J connectivity index is 1.66. The van der Waals surface area contributed by atoms with Crippen LogP contribution in [0.1, 0.15) is 52.4 Å². The molecular formula is C23H35F2N3O4. The second-order valence-electron chi connectivity index (χ2n) is 9.29.